The largest absolute Gasteiger partial charge is 0.337 e. The number of hydrogen-bond donors (Lipinski definition) is 2. The quantitative estimate of drug-likeness (QED) is 0.817. The van der Waals surface area contributed by atoms with Crippen molar-refractivity contribution >= 4 is 11.7 Å². The highest BCUT2D eigenvalue weighted by molar-refractivity contribution is 5.93. The Morgan fingerprint density at radius 3 is 2.75 bits per heavy atom. The maximum Gasteiger partial charge on any atom is 0.319 e. The van der Waals surface area contributed by atoms with Crippen LogP contribution in [0.25, 0.3) is 11.3 Å². The van der Waals surface area contributed by atoms with E-state index in [-0.39, 0.29) is 6.03 Å². The Morgan fingerprint density at radius 1 is 1.38 bits per heavy atom. The van der Waals surface area contributed by atoms with Crippen molar-refractivity contribution in [1.29, 1.82) is 0 Å². The molecule has 0 saturated heterocycles. The number of likely N-dealkylation sites (N-methyl/N-ethyl adjacent to an activating group) is 1. The normalized spacial score (nSPS) is 12.2. The van der Waals surface area contributed by atoms with Gasteiger partial charge in [-0.15, -0.1) is 0 Å². The van der Waals surface area contributed by atoms with E-state index in [1.54, 1.807) is 23.3 Å². The monoisotopic (exact) mass is 330 g/mol. The fourth-order valence-corrected chi connectivity index (χ4v) is 2.35. The van der Waals surface area contributed by atoms with E-state index in [1.807, 2.05) is 19.2 Å². The summed E-state index contributed by atoms with van der Waals surface area (Å²) in [5.41, 5.74) is 2.32. The minimum Gasteiger partial charge on any atom is -0.337 e. The van der Waals surface area contributed by atoms with Gasteiger partial charge in [-0.1, -0.05) is 6.92 Å². The highest BCUT2D eigenvalue weighted by Crippen LogP contribution is 2.25. The number of rotatable bonds is 7. The zero-order chi connectivity index (χ0) is 17.5. The molecule has 0 radical (unpaired) electrons. The SMILES string of the molecule is CCC(C)N(C)CCNC(=O)Nc1cn(C)nc1-c1ccncc1. The standard InChI is InChI=1S/C17H26N6O/c1-5-13(2)22(3)11-10-19-17(24)20-15-12-23(4)21-16(15)14-6-8-18-9-7-14/h6-9,12-13H,5,10-11H2,1-4H3,(H2,19,20,24). The Labute approximate surface area is 143 Å². The van der Waals surface area contributed by atoms with Gasteiger partial charge in [0.25, 0.3) is 0 Å². The predicted molar refractivity (Wildman–Crippen MR) is 95.8 cm³/mol. The van der Waals surface area contributed by atoms with Crippen molar-refractivity contribution in [1.82, 2.24) is 25.0 Å². The Balaban J connectivity index is 1.93. The zero-order valence-electron chi connectivity index (χ0n) is 14.8. The number of carbonyl (C=O) groups is 1. The van der Waals surface area contributed by atoms with Crippen LogP contribution in [0.1, 0.15) is 20.3 Å². The summed E-state index contributed by atoms with van der Waals surface area (Å²) in [6, 6.07) is 4.02. The van der Waals surface area contributed by atoms with Crippen LogP contribution < -0.4 is 10.6 Å². The average molecular weight is 330 g/mol. The van der Waals surface area contributed by atoms with Gasteiger partial charge in [0, 0.05) is 50.3 Å². The lowest BCUT2D eigenvalue weighted by molar-refractivity contribution is 0.238. The molecule has 2 N–H and O–H groups in total. The first-order valence-electron chi connectivity index (χ1n) is 8.20. The first-order chi connectivity index (χ1) is 11.5. The number of anilines is 1. The number of nitrogens with zero attached hydrogens (tertiary/aromatic N) is 4. The highest BCUT2D eigenvalue weighted by Gasteiger charge is 2.13. The van der Waals surface area contributed by atoms with E-state index in [9.17, 15) is 4.79 Å². The van der Waals surface area contributed by atoms with Crippen LogP contribution in [-0.4, -0.2) is 51.9 Å². The van der Waals surface area contributed by atoms with Crippen molar-refractivity contribution in [3.63, 3.8) is 0 Å². The molecule has 0 spiro atoms. The number of aromatic nitrogens is 3. The summed E-state index contributed by atoms with van der Waals surface area (Å²) < 4.78 is 1.68. The molecule has 1 unspecified atom stereocenters. The van der Waals surface area contributed by atoms with Crippen molar-refractivity contribution < 1.29 is 4.79 Å². The molecule has 7 nitrogen and oxygen atoms in total. The van der Waals surface area contributed by atoms with Crippen LogP contribution >= 0.6 is 0 Å². The minimum absolute atomic E-state index is 0.226. The van der Waals surface area contributed by atoms with Crippen LogP contribution in [-0.2, 0) is 7.05 Å². The number of nitrogens with one attached hydrogen (secondary N) is 2. The van der Waals surface area contributed by atoms with Gasteiger partial charge in [0.05, 0.1) is 5.69 Å². The number of pyridine rings is 1. The van der Waals surface area contributed by atoms with Gasteiger partial charge in [-0.3, -0.25) is 9.67 Å². The molecule has 0 bridgehead atoms. The smallest absolute Gasteiger partial charge is 0.319 e. The molecule has 0 aliphatic heterocycles. The summed E-state index contributed by atoms with van der Waals surface area (Å²) in [6.45, 7) is 5.74. The van der Waals surface area contributed by atoms with E-state index in [4.69, 9.17) is 0 Å². The number of amides is 2. The first-order valence-corrected chi connectivity index (χ1v) is 8.20. The van der Waals surface area contributed by atoms with Gasteiger partial charge in [0.2, 0.25) is 0 Å². The summed E-state index contributed by atoms with van der Waals surface area (Å²) in [5, 5.41) is 10.2. The van der Waals surface area contributed by atoms with Crippen LogP contribution in [0, 0.1) is 0 Å². The second kappa shape index (κ2) is 8.44. The summed E-state index contributed by atoms with van der Waals surface area (Å²) in [7, 11) is 3.89. The molecule has 0 aliphatic carbocycles. The maximum atomic E-state index is 12.1. The molecule has 2 rings (SSSR count). The molecule has 0 saturated carbocycles. The minimum atomic E-state index is -0.226. The van der Waals surface area contributed by atoms with E-state index >= 15 is 0 Å². The number of carbonyl (C=O) groups excluding carboxylic acids is 1. The van der Waals surface area contributed by atoms with E-state index < -0.39 is 0 Å². The lowest BCUT2D eigenvalue weighted by atomic mass is 10.2. The summed E-state index contributed by atoms with van der Waals surface area (Å²) >= 11 is 0. The van der Waals surface area contributed by atoms with Crippen LogP contribution in [0.4, 0.5) is 10.5 Å². The highest BCUT2D eigenvalue weighted by atomic mass is 16.2. The molecule has 2 aromatic rings. The number of hydrogen-bond acceptors (Lipinski definition) is 4. The molecule has 0 aliphatic rings. The van der Waals surface area contributed by atoms with Crippen molar-refractivity contribution in [2.75, 3.05) is 25.5 Å². The van der Waals surface area contributed by atoms with Crippen molar-refractivity contribution in [3.8, 4) is 11.3 Å². The average Bonchev–Trinajstić information content (AvgIpc) is 2.95. The van der Waals surface area contributed by atoms with Gasteiger partial charge < -0.3 is 15.5 Å². The molecule has 0 fully saturated rings. The fraction of sp³-hybridized carbons (Fsp3) is 0.471. The molecule has 1 atom stereocenters. The molecule has 130 valence electrons. The van der Waals surface area contributed by atoms with Gasteiger partial charge >= 0.3 is 6.03 Å². The first kappa shape index (κ1) is 17.9. The Bertz CT molecular complexity index is 654. The lowest BCUT2D eigenvalue weighted by Gasteiger charge is -2.23. The topological polar surface area (TPSA) is 75.1 Å². The third kappa shape index (κ3) is 4.79. The van der Waals surface area contributed by atoms with Crippen LogP contribution in [0.3, 0.4) is 0 Å². The summed E-state index contributed by atoms with van der Waals surface area (Å²) in [5.74, 6) is 0. The molecular weight excluding hydrogens is 304 g/mol. The number of aryl methyl sites for hydroxylation is 1. The Morgan fingerprint density at radius 2 is 2.08 bits per heavy atom. The summed E-state index contributed by atoms with van der Waals surface area (Å²) in [6.07, 6.45) is 6.30. The van der Waals surface area contributed by atoms with E-state index in [0.29, 0.717) is 18.3 Å². The van der Waals surface area contributed by atoms with Crippen LogP contribution in [0.15, 0.2) is 30.7 Å². The molecule has 24 heavy (non-hydrogen) atoms. The van der Waals surface area contributed by atoms with E-state index in [1.165, 1.54) is 0 Å². The third-order valence-corrected chi connectivity index (χ3v) is 4.12. The maximum absolute atomic E-state index is 12.1. The van der Waals surface area contributed by atoms with E-state index in [2.05, 4.69) is 46.5 Å². The summed E-state index contributed by atoms with van der Waals surface area (Å²) in [4.78, 5) is 18.4. The zero-order valence-corrected chi connectivity index (χ0v) is 14.8. The Kier molecular flexibility index (Phi) is 6.31. The van der Waals surface area contributed by atoms with Crippen molar-refractivity contribution in [2.45, 2.75) is 26.3 Å². The molecule has 2 amide bonds. The van der Waals surface area contributed by atoms with Crippen molar-refractivity contribution in [3.05, 3.63) is 30.7 Å². The van der Waals surface area contributed by atoms with Crippen molar-refractivity contribution in [2.24, 2.45) is 7.05 Å². The number of urea groups is 1. The van der Waals surface area contributed by atoms with Gasteiger partial charge in [-0.2, -0.15) is 5.10 Å². The predicted octanol–water partition coefficient (Wildman–Crippen LogP) is 2.33. The van der Waals surface area contributed by atoms with Gasteiger partial charge in [0.15, 0.2) is 0 Å². The second-order valence-corrected chi connectivity index (χ2v) is 5.92. The van der Waals surface area contributed by atoms with Gasteiger partial charge in [0.1, 0.15) is 5.69 Å². The third-order valence-electron chi connectivity index (χ3n) is 4.12. The molecular formula is C17H26N6O. The lowest BCUT2D eigenvalue weighted by Crippen LogP contribution is -2.38. The molecule has 7 heteroatoms. The molecule has 2 aromatic heterocycles. The van der Waals surface area contributed by atoms with Gasteiger partial charge in [-0.25, -0.2) is 4.79 Å². The second-order valence-electron chi connectivity index (χ2n) is 5.92. The van der Waals surface area contributed by atoms with Crippen LogP contribution in [0.2, 0.25) is 0 Å². The van der Waals surface area contributed by atoms with Gasteiger partial charge in [-0.05, 0) is 32.5 Å². The molecule has 0 aromatic carbocycles. The van der Waals surface area contributed by atoms with E-state index in [0.717, 1.165) is 24.2 Å². The van der Waals surface area contributed by atoms with Crippen LogP contribution in [0.5, 0.6) is 0 Å². The Hall–Kier alpha value is -2.41. The molecule has 2 heterocycles. The fourth-order valence-electron chi connectivity index (χ4n) is 2.35.